The number of unbranched alkanes of at least 4 members (excludes halogenated alkanes) is 2. The number of aryl methyl sites for hydroxylation is 2. The summed E-state index contributed by atoms with van der Waals surface area (Å²) >= 11 is 0. The van der Waals surface area contributed by atoms with Gasteiger partial charge in [-0.15, -0.1) is 0 Å². The number of carbonyl (C=O) groups is 2. The van der Waals surface area contributed by atoms with Crippen LogP contribution in [0.25, 0.3) is 0 Å². The Hall–Kier alpha value is -1.99. The molecule has 0 spiro atoms. The molecule has 1 fully saturated rings. The van der Waals surface area contributed by atoms with Crippen LogP contribution in [0.15, 0.2) is 12.1 Å². The fourth-order valence-electron chi connectivity index (χ4n) is 4.21. The third kappa shape index (κ3) is 5.08. The quantitative estimate of drug-likeness (QED) is 0.552. The SMILES string of the molecule is CC(=O)NC(C(C)=O)C1(O)CN(CCCCCc2ccc3c(n2)NCCC3)C1. The summed E-state index contributed by atoms with van der Waals surface area (Å²) in [4.78, 5) is 29.9. The molecule has 3 N–H and O–H groups in total. The zero-order valence-corrected chi connectivity index (χ0v) is 17.0. The first-order valence-electron chi connectivity index (χ1n) is 10.3. The number of fused-ring (bicyclic) bond motifs is 1. The van der Waals surface area contributed by atoms with Crippen molar-refractivity contribution in [2.45, 2.75) is 64.0 Å². The lowest BCUT2D eigenvalue weighted by atomic mass is 9.83. The van der Waals surface area contributed by atoms with Gasteiger partial charge < -0.3 is 15.7 Å². The fourth-order valence-corrected chi connectivity index (χ4v) is 4.21. The van der Waals surface area contributed by atoms with Crippen LogP contribution in [0.5, 0.6) is 0 Å². The highest BCUT2D eigenvalue weighted by Crippen LogP contribution is 2.26. The Morgan fingerprint density at radius 3 is 2.79 bits per heavy atom. The molecule has 1 saturated heterocycles. The molecule has 1 aromatic rings. The first-order chi connectivity index (χ1) is 13.4. The van der Waals surface area contributed by atoms with Crippen molar-refractivity contribution in [3.8, 4) is 0 Å². The molecule has 154 valence electrons. The van der Waals surface area contributed by atoms with Crippen molar-refractivity contribution in [1.29, 1.82) is 0 Å². The van der Waals surface area contributed by atoms with Crippen LogP contribution in [0.3, 0.4) is 0 Å². The van der Waals surface area contributed by atoms with E-state index < -0.39 is 11.6 Å². The molecule has 7 heteroatoms. The normalized spacial score (nSPS) is 19.1. The third-order valence-corrected chi connectivity index (χ3v) is 5.65. The van der Waals surface area contributed by atoms with Crippen LogP contribution in [-0.2, 0) is 22.4 Å². The Bertz CT molecular complexity index is 716. The number of aliphatic hydroxyl groups is 1. The molecular formula is C21H32N4O3. The number of β-amino-alcohol motifs (C(OH)–C–C–N with tert-alkyl or cyclic N) is 1. The smallest absolute Gasteiger partial charge is 0.217 e. The van der Waals surface area contributed by atoms with Crippen LogP contribution in [0.4, 0.5) is 5.82 Å². The Kier molecular flexibility index (Phi) is 6.67. The zero-order valence-electron chi connectivity index (χ0n) is 17.0. The van der Waals surface area contributed by atoms with E-state index in [0.29, 0.717) is 13.1 Å². The van der Waals surface area contributed by atoms with Gasteiger partial charge in [0.1, 0.15) is 17.5 Å². The number of hydrogen-bond acceptors (Lipinski definition) is 6. The molecule has 3 heterocycles. The molecule has 1 atom stereocenters. The van der Waals surface area contributed by atoms with Crippen LogP contribution >= 0.6 is 0 Å². The lowest BCUT2D eigenvalue weighted by molar-refractivity contribution is -0.150. The summed E-state index contributed by atoms with van der Waals surface area (Å²) in [5.74, 6) is 0.560. The summed E-state index contributed by atoms with van der Waals surface area (Å²) < 4.78 is 0. The van der Waals surface area contributed by atoms with E-state index >= 15 is 0 Å². The van der Waals surface area contributed by atoms with E-state index in [2.05, 4.69) is 27.7 Å². The molecule has 0 radical (unpaired) electrons. The number of Topliss-reactive ketones (excluding diaryl/α,β-unsaturated/α-hetero) is 1. The minimum atomic E-state index is -1.14. The zero-order chi connectivity index (χ0) is 20.1. The van der Waals surface area contributed by atoms with Gasteiger partial charge in [-0.05, 0) is 57.2 Å². The van der Waals surface area contributed by atoms with Gasteiger partial charge in [0.25, 0.3) is 0 Å². The first kappa shape index (κ1) is 20.7. The van der Waals surface area contributed by atoms with Gasteiger partial charge in [-0.2, -0.15) is 0 Å². The van der Waals surface area contributed by atoms with E-state index in [9.17, 15) is 14.7 Å². The first-order valence-corrected chi connectivity index (χ1v) is 10.3. The summed E-state index contributed by atoms with van der Waals surface area (Å²) in [6, 6.07) is 3.53. The van der Waals surface area contributed by atoms with Crippen molar-refractivity contribution in [3.63, 3.8) is 0 Å². The maximum absolute atomic E-state index is 11.7. The number of ketones is 1. The molecule has 3 rings (SSSR count). The molecule has 28 heavy (non-hydrogen) atoms. The van der Waals surface area contributed by atoms with Crippen molar-refractivity contribution in [2.75, 3.05) is 31.5 Å². The minimum absolute atomic E-state index is 0.204. The number of pyridine rings is 1. The standard InChI is InChI=1S/C21H32N4O3/c1-15(26)19(23-16(2)27)21(28)13-25(14-21)12-5-3-4-8-18-10-9-17-7-6-11-22-20(17)24-18/h9-10,19,28H,3-8,11-14H2,1-2H3,(H,22,24)(H,23,27). The predicted molar refractivity (Wildman–Crippen MR) is 108 cm³/mol. The molecule has 2 aliphatic rings. The fraction of sp³-hybridized carbons (Fsp3) is 0.667. The number of amides is 1. The molecule has 1 amide bonds. The molecule has 7 nitrogen and oxygen atoms in total. The second-order valence-corrected chi connectivity index (χ2v) is 8.21. The van der Waals surface area contributed by atoms with Gasteiger partial charge in [0.05, 0.1) is 0 Å². The van der Waals surface area contributed by atoms with E-state index in [-0.39, 0.29) is 11.7 Å². The van der Waals surface area contributed by atoms with Crippen LogP contribution in [0.1, 0.15) is 50.8 Å². The lowest BCUT2D eigenvalue weighted by Gasteiger charge is -2.50. The van der Waals surface area contributed by atoms with Gasteiger partial charge in [-0.3, -0.25) is 14.5 Å². The molecule has 0 saturated carbocycles. The van der Waals surface area contributed by atoms with Crippen LogP contribution in [0.2, 0.25) is 0 Å². The van der Waals surface area contributed by atoms with E-state index in [1.165, 1.54) is 25.8 Å². The Labute approximate surface area is 166 Å². The summed E-state index contributed by atoms with van der Waals surface area (Å²) in [5.41, 5.74) is 1.33. The van der Waals surface area contributed by atoms with Crippen molar-refractivity contribution >= 4 is 17.5 Å². The maximum atomic E-state index is 11.7. The number of hydrogen-bond donors (Lipinski definition) is 3. The molecule has 0 aromatic carbocycles. The second-order valence-electron chi connectivity index (χ2n) is 8.21. The predicted octanol–water partition coefficient (Wildman–Crippen LogP) is 1.29. The molecule has 2 aliphatic heterocycles. The molecule has 1 aromatic heterocycles. The van der Waals surface area contributed by atoms with Crippen molar-refractivity contribution in [1.82, 2.24) is 15.2 Å². The van der Waals surface area contributed by atoms with Gasteiger partial charge in [-0.1, -0.05) is 12.5 Å². The average Bonchev–Trinajstić information content (AvgIpc) is 2.63. The van der Waals surface area contributed by atoms with Crippen LogP contribution in [0, 0.1) is 0 Å². The molecule has 0 aliphatic carbocycles. The Morgan fingerprint density at radius 2 is 2.07 bits per heavy atom. The maximum Gasteiger partial charge on any atom is 0.217 e. The number of nitrogens with one attached hydrogen (secondary N) is 2. The molecular weight excluding hydrogens is 356 g/mol. The van der Waals surface area contributed by atoms with Crippen molar-refractivity contribution in [3.05, 3.63) is 23.4 Å². The van der Waals surface area contributed by atoms with Crippen LogP contribution < -0.4 is 10.6 Å². The van der Waals surface area contributed by atoms with E-state index in [0.717, 1.165) is 56.7 Å². The van der Waals surface area contributed by atoms with E-state index in [4.69, 9.17) is 4.98 Å². The van der Waals surface area contributed by atoms with Gasteiger partial charge in [0, 0.05) is 32.3 Å². The Morgan fingerprint density at radius 1 is 1.29 bits per heavy atom. The number of likely N-dealkylation sites (tertiary alicyclic amines) is 1. The van der Waals surface area contributed by atoms with Gasteiger partial charge in [-0.25, -0.2) is 4.98 Å². The average molecular weight is 389 g/mol. The van der Waals surface area contributed by atoms with E-state index in [1.807, 2.05) is 0 Å². The number of carbonyl (C=O) groups excluding carboxylic acids is 2. The van der Waals surface area contributed by atoms with Gasteiger partial charge in [0.2, 0.25) is 5.91 Å². The number of nitrogens with zero attached hydrogens (tertiary/aromatic N) is 2. The van der Waals surface area contributed by atoms with Crippen LogP contribution in [-0.4, -0.2) is 64.5 Å². The summed E-state index contributed by atoms with van der Waals surface area (Å²) in [6.45, 7) is 5.53. The van der Waals surface area contributed by atoms with Crippen molar-refractivity contribution in [2.24, 2.45) is 0 Å². The third-order valence-electron chi connectivity index (χ3n) is 5.65. The number of rotatable bonds is 9. The largest absolute Gasteiger partial charge is 0.385 e. The molecule has 1 unspecified atom stereocenters. The van der Waals surface area contributed by atoms with Gasteiger partial charge in [0.15, 0.2) is 5.78 Å². The van der Waals surface area contributed by atoms with Gasteiger partial charge >= 0.3 is 0 Å². The molecule has 0 bridgehead atoms. The number of anilines is 1. The monoisotopic (exact) mass is 388 g/mol. The summed E-state index contributed by atoms with van der Waals surface area (Å²) in [5, 5.41) is 16.6. The lowest BCUT2D eigenvalue weighted by Crippen LogP contribution is -2.72. The Balaban J connectivity index is 1.34. The highest BCUT2D eigenvalue weighted by Gasteiger charge is 2.49. The highest BCUT2D eigenvalue weighted by molar-refractivity contribution is 5.88. The topological polar surface area (TPSA) is 94.6 Å². The minimum Gasteiger partial charge on any atom is -0.385 e. The highest BCUT2D eigenvalue weighted by atomic mass is 16.3. The van der Waals surface area contributed by atoms with E-state index in [1.54, 1.807) is 0 Å². The van der Waals surface area contributed by atoms with Crippen molar-refractivity contribution < 1.29 is 14.7 Å². The summed E-state index contributed by atoms with van der Waals surface area (Å²) in [7, 11) is 0. The second kappa shape index (κ2) is 9.01. The number of aromatic nitrogens is 1. The summed E-state index contributed by atoms with van der Waals surface area (Å²) in [6.07, 6.45) is 6.51.